The van der Waals surface area contributed by atoms with Gasteiger partial charge in [-0.2, -0.15) is 0 Å². The van der Waals surface area contributed by atoms with Crippen molar-refractivity contribution in [3.63, 3.8) is 0 Å². The predicted molar refractivity (Wildman–Crippen MR) is 80.6 cm³/mol. The minimum absolute atomic E-state index is 0.489. The van der Waals surface area contributed by atoms with Crippen LogP contribution >= 0.6 is 11.3 Å². The average molecular weight is 272 g/mol. The zero-order chi connectivity index (χ0) is 13.2. The summed E-state index contributed by atoms with van der Waals surface area (Å²) >= 11 is 1.75. The summed E-state index contributed by atoms with van der Waals surface area (Å²) in [5.74, 6) is 0.638. The second-order valence-electron chi connectivity index (χ2n) is 5.26. The third-order valence-electron chi connectivity index (χ3n) is 3.91. The van der Waals surface area contributed by atoms with Crippen molar-refractivity contribution in [3.8, 4) is 0 Å². The van der Waals surface area contributed by atoms with E-state index in [-0.39, 0.29) is 0 Å². The largest absolute Gasteiger partial charge is 0.310 e. The number of hydrogen-bond donors (Lipinski definition) is 1. The van der Waals surface area contributed by atoms with E-state index in [0.29, 0.717) is 12.0 Å². The normalized spacial score (nSPS) is 21.6. The molecule has 0 bridgehead atoms. The first-order chi connectivity index (χ1) is 9.28. The van der Waals surface area contributed by atoms with Crippen molar-refractivity contribution >= 4 is 11.3 Å². The van der Waals surface area contributed by atoms with E-state index in [2.05, 4.69) is 53.8 Å². The van der Waals surface area contributed by atoms with Crippen LogP contribution in [0.1, 0.15) is 34.8 Å². The van der Waals surface area contributed by atoms with E-state index in [9.17, 15) is 0 Å². The van der Waals surface area contributed by atoms with E-state index in [1.54, 1.807) is 11.3 Å². The number of fused-ring (bicyclic) bond motifs is 1. The molecule has 0 saturated heterocycles. The standard InChI is InChI=1S/C16H20N2S/c1-3-17-16-13(9-14-10-19-11(2)18-14)8-12-6-4-5-7-15(12)16/h4-7,10,13,16-17H,3,8-9H2,1-2H3. The van der Waals surface area contributed by atoms with Gasteiger partial charge in [0.05, 0.1) is 10.7 Å². The van der Waals surface area contributed by atoms with Gasteiger partial charge in [-0.05, 0) is 43.4 Å². The number of aromatic nitrogens is 1. The van der Waals surface area contributed by atoms with Crippen LogP contribution in [0.5, 0.6) is 0 Å². The second kappa shape index (κ2) is 5.43. The van der Waals surface area contributed by atoms with E-state index in [4.69, 9.17) is 0 Å². The van der Waals surface area contributed by atoms with Gasteiger partial charge in [-0.3, -0.25) is 0 Å². The highest BCUT2D eigenvalue weighted by Crippen LogP contribution is 2.37. The van der Waals surface area contributed by atoms with Gasteiger partial charge < -0.3 is 5.32 Å². The minimum atomic E-state index is 0.489. The summed E-state index contributed by atoms with van der Waals surface area (Å²) in [6.07, 6.45) is 2.25. The predicted octanol–water partition coefficient (Wildman–Crippen LogP) is 3.52. The lowest BCUT2D eigenvalue weighted by Gasteiger charge is -2.20. The summed E-state index contributed by atoms with van der Waals surface area (Å²) < 4.78 is 0. The Morgan fingerprint density at radius 2 is 2.21 bits per heavy atom. The Kier molecular flexibility index (Phi) is 3.67. The number of thiazole rings is 1. The third-order valence-corrected chi connectivity index (χ3v) is 4.73. The summed E-state index contributed by atoms with van der Waals surface area (Å²) in [5, 5.41) is 7.03. The molecule has 0 aliphatic heterocycles. The van der Waals surface area contributed by atoms with Gasteiger partial charge in [-0.1, -0.05) is 31.2 Å². The molecule has 0 spiro atoms. The van der Waals surface area contributed by atoms with Gasteiger partial charge in [0.2, 0.25) is 0 Å². The van der Waals surface area contributed by atoms with Crippen molar-refractivity contribution in [3.05, 3.63) is 51.5 Å². The first-order valence-electron chi connectivity index (χ1n) is 7.00. The molecule has 0 fully saturated rings. The van der Waals surface area contributed by atoms with Crippen molar-refractivity contribution in [2.75, 3.05) is 6.54 Å². The SMILES string of the molecule is CCNC1c2ccccc2CC1Cc1csc(C)n1. The molecule has 2 unspecified atom stereocenters. The number of rotatable bonds is 4. The number of hydrogen-bond acceptors (Lipinski definition) is 3. The fraction of sp³-hybridized carbons (Fsp3) is 0.438. The van der Waals surface area contributed by atoms with Gasteiger partial charge in [0, 0.05) is 11.4 Å². The molecule has 3 heteroatoms. The number of nitrogens with zero attached hydrogens (tertiary/aromatic N) is 1. The Hall–Kier alpha value is -1.19. The van der Waals surface area contributed by atoms with Crippen molar-refractivity contribution in [1.29, 1.82) is 0 Å². The molecule has 0 saturated carbocycles. The lowest BCUT2D eigenvalue weighted by Crippen LogP contribution is -2.26. The molecule has 1 aromatic heterocycles. The monoisotopic (exact) mass is 272 g/mol. The molecule has 2 atom stereocenters. The maximum atomic E-state index is 4.62. The van der Waals surface area contributed by atoms with E-state index in [0.717, 1.165) is 13.0 Å². The van der Waals surface area contributed by atoms with Crippen LogP contribution < -0.4 is 5.32 Å². The number of aryl methyl sites for hydroxylation is 1. The Bertz CT molecular complexity index is 561. The number of benzene rings is 1. The lowest BCUT2D eigenvalue weighted by atomic mass is 9.95. The molecular weight excluding hydrogens is 252 g/mol. The molecule has 1 aromatic carbocycles. The first kappa shape index (κ1) is 12.8. The van der Waals surface area contributed by atoms with Crippen LogP contribution in [0.3, 0.4) is 0 Å². The summed E-state index contributed by atoms with van der Waals surface area (Å²) in [6, 6.07) is 9.33. The summed E-state index contributed by atoms with van der Waals surface area (Å²) in [7, 11) is 0. The second-order valence-corrected chi connectivity index (χ2v) is 6.32. The van der Waals surface area contributed by atoms with E-state index in [1.165, 1.54) is 28.2 Å². The highest BCUT2D eigenvalue weighted by molar-refractivity contribution is 7.09. The smallest absolute Gasteiger partial charge is 0.0897 e. The summed E-state index contributed by atoms with van der Waals surface area (Å²) in [4.78, 5) is 4.62. The van der Waals surface area contributed by atoms with Crippen LogP contribution in [-0.2, 0) is 12.8 Å². The molecule has 3 rings (SSSR count). The maximum absolute atomic E-state index is 4.62. The third kappa shape index (κ3) is 2.58. The van der Waals surface area contributed by atoms with Gasteiger partial charge in [-0.15, -0.1) is 11.3 Å². The van der Waals surface area contributed by atoms with Gasteiger partial charge >= 0.3 is 0 Å². The molecule has 1 N–H and O–H groups in total. The van der Waals surface area contributed by atoms with Crippen LogP contribution in [0, 0.1) is 12.8 Å². The summed E-state index contributed by atoms with van der Waals surface area (Å²) in [6.45, 7) is 5.29. The lowest BCUT2D eigenvalue weighted by molar-refractivity contribution is 0.391. The van der Waals surface area contributed by atoms with Crippen LogP contribution in [0.4, 0.5) is 0 Å². The first-order valence-corrected chi connectivity index (χ1v) is 7.88. The molecule has 2 aromatic rings. The quantitative estimate of drug-likeness (QED) is 0.921. The molecule has 2 nitrogen and oxygen atoms in total. The fourth-order valence-electron chi connectivity index (χ4n) is 3.13. The van der Waals surface area contributed by atoms with Crippen LogP contribution in [0.15, 0.2) is 29.6 Å². The van der Waals surface area contributed by atoms with Gasteiger partial charge in [0.25, 0.3) is 0 Å². The van der Waals surface area contributed by atoms with E-state index in [1.807, 2.05) is 0 Å². The average Bonchev–Trinajstić information content (AvgIpc) is 2.96. The minimum Gasteiger partial charge on any atom is -0.310 e. The zero-order valence-electron chi connectivity index (χ0n) is 11.5. The Morgan fingerprint density at radius 3 is 2.95 bits per heavy atom. The zero-order valence-corrected chi connectivity index (χ0v) is 12.3. The van der Waals surface area contributed by atoms with Crippen molar-refractivity contribution < 1.29 is 0 Å². The molecule has 1 aliphatic carbocycles. The van der Waals surface area contributed by atoms with Crippen LogP contribution in [0.2, 0.25) is 0 Å². The van der Waals surface area contributed by atoms with Gasteiger partial charge in [-0.25, -0.2) is 4.98 Å². The Morgan fingerprint density at radius 1 is 1.37 bits per heavy atom. The van der Waals surface area contributed by atoms with Crippen LogP contribution in [-0.4, -0.2) is 11.5 Å². The highest BCUT2D eigenvalue weighted by atomic mass is 32.1. The summed E-state index contributed by atoms with van der Waals surface area (Å²) in [5.41, 5.74) is 4.25. The maximum Gasteiger partial charge on any atom is 0.0897 e. The van der Waals surface area contributed by atoms with Crippen molar-refractivity contribution in [1.82, 2.24) is 10.3 Å². The van der Waals surface area contributed by atoms with E-state index < -0.39 is 0 Å². The van der Waals surface area contributed by atoms with Gasteiger partial charge in [0.1, 0.15) is 0 Å². The van der Waals surface area contributed by atoms with Gasteiger partial charge in [0.15, 0.2) is 0 Å². The van der Waals surface area contributed by atoms with E-state index >= 15 is 0 Å². The highest BCUT2D eigenvalue weighted by Gasteiger charge is 2.31. The molecule has 100 valence electrons. The molecule has 1 heterocycles. The molecule has 0 radical (unpaired) electrons. The molecule has 0 amide bonds. The number of nitrogens with one attached hydrogen (secondary N) is 1. The van der Waals surface area contributed by atoms with Crippen molar-refractivity contribution in [2.45, 2.75) is 32.7 Å². The molecular formula is C16H20N2S. The van der Waals surface area contributed by atoms with Crippen LogP contribution in [0.25, 0.3) is 0 Å². The Balaban J connectivity index is 1.82. The fourth-order valence-corrected chi connectivity index (χ4v) is 3.76. The molecule has 19 heavy (non-hydrogen) atoms. The van der Waals surface area contributed by atoms with Crippen molar-refractivity contribution in [2.24, 2.45) is 5.92 Å². The topological polar surface area (TPSA) is 24.9 Å². The Labute approximate surface area is 118 Å². The molecule has 1 aliphatic rings.